The van der Waals surface area contributed by atoms with E-state index >= 15 is 0 Å². The zero-order valence-electron chi connectivity index (χ0n) is 12.7. The maximum absolute atomic E-state index is 12.3. The summed E-state index contributed by atoms with van der Waals surface area (Å²) in [6.07, 6.45) is 2.34. The second-order valence-electron chi connectivity index (χ2n) is 5.55. The Kier molecular flexibility index (Phi) is 4.85. The molecule has 5 nitrogen and oxygen atoms in total. The van der Waals surface area contributed by atoms with Crippen LogP contribution in [0.15, 0.2) is 23.4 Å². The highest BCUT2D eigenvalue weighted by Gasteiger charge is 2.30. The maximum atomic E-state index is 12.3. The summed E-state index contributed by atoms with van der Waals surface area (Å²) in [5.74, 6) is 1.38. The van der Waals surface area contributed by atoms with E-state index < -0.39 is 0 Å². The molecule has 0 unspecified atom stereocenters. The van der Waals surface area contributed by atoms with Gasteiger partial charge < -0.3 is 9.88 Å². The second-order valence-corrected chi connectivity index (χ2v) is 7.70. The smallest absolute Gasteiger partial charge is 0.237 e. The molecule has 0 spiro atoms. The fourth-order valence-electron chi connectivity index (χ4n) is 2.16. The highest BCUT2D eigenvalue weighted by Crippen LogP contribution is 2.39. The molecule has 1 aromatic heterocycles. The topological polar surface area (TPSA) is 59.8 Å². The zero-order chi connectivity index (χ0) is 16.6. The van der Waals surface area contributed by atoms with Gasteiger partial charge in [0.1, 0.15) is 5.82 Å². The molecule has 0 bridgehead atoms. The van der Waals surface area contributed by atoms with Gasteiger partial charge in [0.05, 0.1) is 16.0 Å². The lowest BCUT2D eigenvalue weighted by Crippen LogP contribution is -2.23. The lowest BCUT2D eigenvalue weighted by molar-refractivity contribution is -0.115. The van der Waals surface area contributed by atoms with Crippen molar-refractivity contribution in [3.05, 3.63) is 34.1 Å². The van der Waals surface area contributed by atoms with Crippen LogP contribution in [-0.4, -0.2) is 25.9 Å². The number of halogens is 2. The fourth-order valence-corrected chi connectivity index (χ4v) is 3.44. The molecule has 8 heteroatoms. The molecule has 1 N–H and O–H groups in total. The summed E-state index contributed by atoms with van der Waals surface area (Å²) in [5.41, 5.74) is 0.546. The molecule has 23 heavy (non-hydrogen) atoms. The third-order valence-electron chi connectivity index (χ3n) is 3.65. The van der Waals surface area contributed by atoms with Gasteiger partial charge in [-0.2, -0.15) is 0 Å². The number of carbonyl (C=O) groups is 1. The van der Waals surface area contributed by atoms with Gasteiger partial charge in [0, 0.05) is 18.0 Å². The average molecular weight is 371 g/mol. The second kappa shape index (κ2) is 6.71. The van der Waals surface area contributed by atoms with Crippen LogP contribution in [-0.2, 0) is 11.8 Å². The van der Waals surface area contributed by atoms with Crippen molar-refractivity contribution in [3.63, 3.8) is 0 Å². The molecule has 1 amide bonds. The molecule has 1 fully saturated rings. The van der Waals surface area contributed by atoms with Crippen molar-refractivity contribution >= 4 is 46.6 Å². The van der Waals surface area contributed by atoms with E-state index in [4.69, 9.17) is 23.2 Å². The molecule has 3 rings (SSSR count). The molecule has 0 saturated heterocycles. The summed E-state index contributed by atoms with van der Waals surface area (Å²) >= 11 is 13.3. The van der Waals surface area contributed by atoms with Gasteiger partial charge in [-0.3, -0.25) is 4.79 Å². The first-order valence-electron chi connectivity index (χ1n) is 7.27. The van der Waals surface area contributed by atoms with Crippen LogP contribution in [0.3, 0.4) is 0 Å². The highest BCUT2D eigenvalue weighted by molar-refractivity contribution is 8.00. The quantitative estimate of drug-likeness (QED) is 0.804. The summed E-state index contributed by atoms with van der Waals surface area (Å²) in [6.45, 7) is 1.83. The molecule has 0 aliphatic heterocycles. The highest BCUT2D eigenvalue weighted by atomic mass is 35.5. The molecule has 122 valence electrons. The molecule has 1 heterocycles. The fraction of sp³-hybridized carbons (Fsp3) is 0.400. The lowest BCUT2D eigenvalue weighted by Gasteiger charge is -2.12. The van der Waals surface area contributed by atoms with E-state index in [1.165, 1.54) is 24.6 Å². The minimum absolute atomic E-state index is 0.143. The Morgan fingerprint density at radius 3 is 2.78 bits per heavy atom. The van der Waals surface area contributed by atoms with Gasteiger partial charge in [-0.1, -0.05) is 35.0 Å². The number of hydrogen-bond acceptors (Lipinski definition) is 4. The Hall–Kier alpha value is -1.24. The number of rotatable bonds is 5. The molecule has 0 radical (unpaired) electrons. The van der Waals surface area contributed by atoms with Crippen LogP contribution in [0.2, 0.25) is 10.0 Å². The van der Waals surface area contributed by atoms with Crippen LogP contribution < -0.4 is 5.32 Å². The Morgan fingerprint density at radius 1 is 1.39 bits per heavy atom. The van der Waals surface area contributed by atoms with Gasteiger partial charge in [-0.25, -0.2) is 0 Å². The van der Waals surface area contributed by atoms with Crippen molar-refractivity contribution in [2.45, 2.75) is 36.1 Å². The number of nitrogens with one attached hydrogen (secondary N) is 1. The predicted molar refractivity (Wildman–Crippen MR) is 93.4 cm³/mol. The molecule has 1 aliphatic carbocycles. The van der Waals surface area contributed by atoms with E-state index in [2.05, 4.69) is 15.5 Å². The number of benzene rings is 1. The first-order chi connectivity index (χ1) is 11.0. The van der Waals surface area contributed by atoms with Gasteiger partial charge in [0.25, 0.3) is 0 Å². The number of amides is 1. The van der Waals surface area contributed by atoms with Gasteiger partial charge in [-0.15, -0.1) is 10.2 Å². The molecule has 2 aromatic rings. The van der Waals surface area contributed by atoms with Crippen LogP contribution in [0.1, 0.15) is 31.5 Å². The molecule has 1 aliphatic rings. The van der Waals surface area contributed by atoms with E-state index in [1.54, 1.807) is 18.2 Å². The number of aromatic nitrogens is 3. The molecule has 1 atom stereocenters. The first-order valence-corrected chi connectivity index (χ1v) is 8.91. The Morgan fingerprint density at radius 2 is 2.13 bits per heavy atom. The van der Waals surface area contributed by atoms with Gasteiger partial charge >= 0.3 is 0 Å². The van der Waals surface area contributed by atoms with Crippen molar-refractivity contribution in [1.29, 1.82) is 0 Å². The van der Waals surface area contributed by atoms with Crippen LogP contribution in [0.4, 0.5) is 5.69 Å². The van der Waals surface area contributed by atoms with Crippen molar-refractivity contribution in [1.82, 2.24) is 14.8 Å². The molecule has 1 aromatic carbocycles. The van der Waals surface area contributed by atoms with E-state index in [9.17, 15) is 4.79 Å². The van der Waals surface area contributed by atoms with E-state index in [1.807, 2.05) is 18.5 Å². The Bertz CT molecular complexity index is 745. The number of thioether (sulfide) groups is 1. The number of nitrogens with zero attached hydrogens (tertiary/aromatic N) is 3. The van der Waals surface area contributed by atoms with E-state index in [-0.39, 0.29) is 11.2 Å². The SMILES string of the molecule is C[C@@H](Sc1nnc(C2CC2)n1C)C(=O)Nc1ccc(Cl)cc1Cl. The molecular weight excluding hydrogens is 355 g/mol. The van der Waals surface area contributed by atoms with Crippen molar-refractivity contribution in [2.24, 2.45) is 7.05 Å². The van der Waals surface area contributed by atoms with Crippen LogP contribution in [0.25, 0.3) is 0 Å². The zero-order valence-corrected chi connectivity index (χ0v) is 15.0. The number of anilines is 1. The Labute approximate surface area is 148 Å². The number of carbonyl (C=O) groups excluding carboxylic acids is 1. The van der Waals surface area contributed by atoms with E-state index in [0.717, 1.165) is 11.0 Å². The van der Waals surface area contributed by atoms with Gasteiger partial charge in [-0.05, 0) is 38.0 Å². The van der Waals surface area contributed by atoms with E-state index in [0.29, 0.717) is 21.7 Å². The minimum Gasteiger partial charge on any atom is -0.324 e. The third kappa shape index (κ3) is 3.82. The normalized spacial score (nSPS) is 15.5. The largest absolute Gasteiger partial charge is 0.324 e. The number of hydrogen-bond donors (Lipinski definition) is 1. The van der Waals surface area contributed by atoms with Crippen LogP contribution >= 0.6 is 35.0 Å². The minimum atomic E-state index is -0.323. The Balaban J connectivity index is 1.65. The van der Waals surface area contributed by atoms with Crippen LogP contribution in [0.5, 0.6) is 0 Å². The molecule has 1 saturated carbocycles. The third-order valence-corrected chi connectivity index (χ3v) is 5.33. The summed E-state index contributed by atoms with van der Waals surface area (Å²) in [7, 11) is 1.94. The summed E-state index contributed by atoms with van der Waals surface area (Å²) < 4.78 is 1.97. The monoisotopic (exact) mass is 370 g/mol. The van der Waals surface area contributed by atoms with Crippen molar-refractivity contribution < 1.29 is 4.79 Å². The van der Waals surface area contributed by atoms with Gasteiger partial charge in [0.15, 0.2) is 5.16 Å². The van der Waals surface area contributed by atoms with Crippen molar-refractivity contribution in [3.8, 4) is 0 Å². The van der Waals surface area contributed by atoms with Gasteiger partial charge in [0.2, 0.25) is 5.91 Å². The predicted octanol–water partition coefficient (Wildman–Crippen LogP) is 4.12. The molecular formula is C15H16Cl2N4OS. The maximum Gasteiger partial charge on any atom is 0.237 e. The van der Waals surface area contributed by atoms with Crippen molar-refractivity contribution in [2.75, 3.05) is 5.32 Å². The average Bonchev–Trinajstić information content (AvgIpc) is 3.28. The lowest BCUT2D eigenvalue weighted by atomic mass is 10.3. The summed E-state index contributed by atoms with van der Waals surface area (Å²) in [4.78, 5) is 12.3. The van der Waals surface area contributed by atoms with Crippen LogP contribution in [0, 0.1) is 0 Å². The summed E-state index contributed by atoms with van der Waals surface area (Å²) in [5, 5.41) is 12.6. The standard InChI is InChI=1S/C15H16Cl2N4OS/c1-8(14(22)18-12-6-5-10(16)7-11(12)17)23-15-20-19-13(21(15)2)9-3-4-9/h5-9H,3-4H2,1-2H3,(H,18,22)/t8-/m1/s1. The summed E-state index contributed by atoms with van der Waals surface area (Å²) in [6, 6.07) is 4.97. The first kappa shape index (κ1) is 16.6.